The van der Waals surface area contributed by atoms with E-state index >= 15 is 0 Å². The lowest BCUT2D eigenvalue weighted by atomic mass is 10.1. The molecule has 0 aliphatic carbocycles. The molecule has 1 saturated heterocycles. The van der Waals surface area contributed by atoms with Gasteiger partial charge in [-0.15, -0.1) is 0 Å². The van der Waals surface area contributed by atoms with Gasteiger partial charge in [0, 0.05) is 30.8 Å². The van der Waals surface area contributed by atoms with Crippen molar-refractivity contribution in [1.29, 1.82) is 0 Å². The third-order valence-electron chi connectivity index (χ3n) is 5.70. The Morgan fingerprint density at radius 1 is 1.00 bits per heavy atom. The number of nitrogens with zero attached hydrogens (tertiary/aromatic N) is 1. The summed E-state index contributed by atoms with van der Waals surface area (Å²) in [5, 5.41) is 2.93. The normalized spacial score (nSPS) is 16.0. The monoisotopic (exact) mass is 454 g/mol. The van der Waals surface area contributed by atoms with E-state index in [1.54, 1.807) is 12.1 Å². The minimum atomic E-state index is -4.35. The SMILES string of the molecule is Cc1ccc(CNC(=O)c2ccc(N3CCC(Oc4ccc(C(F)(F)F)cc4)C3)cc2)cc1. The fraction of sp³-hybridized carbons (Fsp3) is 0.269. The second kappa shape index (κ2) is 9.57. The molecular weight excluding hydrogens is 429 g/mol. The van der Waals surface area contributed by atoms with Crippen LogP contribution in [-0.4, -0.2) is 25.1 Å². The van der Waals surface area contributed by atoms with Crippen LogP contribution in [0.5, 0.6) is 5.75 Å². The number of alkyl halides is 3. The number of nitrogens with one attached hydrogen (secondary N) is 1. The molecule has 4 rings (SSSR count). The van der Waals surface area contributed by atoms with E-state index in [0.29, 0.717) is 24.4 Å². The van der Waals surface area contributed by atoms with Gasteiger partial charge in [0.05, 0.1) is 12.1 Å². The number of hydrogen-bond acceptors (Lipinski definition) is 3. The molecular formula is C26H25F3N2O2. The Balaban J connectivity index is 1.29. The summed E-state index contributed by atoms with van der Waals surface area (Å²) in [4.78, 5) is 14.6. The smallest absolute Gasteiger partial charge is 0.416 e. The number of carbonyl (C=O) groups is 1. The number of aryl methyl sites for hydroxylation is 1. The number of rotatable bonds is 6. The fourth-order valence-corrected chi connectivity index (χ4v) is 3.79. The maximum absolute atomic E-state index is 12.7. The molecule has 4 nitrogen and oxygen atoms in total. The Kier molecular flexibility index (Phi) is 6.58. The second-order valence-corrected chi connectivity index (χ2v) is 8.21. The van der Waals surface area contributed by atoms with Gasteiger partial charge < -0.3 is 15.0 Å². The minimum Gasteiger partial charge on any atom is -0.489 e. The lowest BCUT2D eigenvalue weighted by Crippen LogP contribution is -2.25. The predicted molar refractivity (Wildman–Crippen MR) is 121 cm³/mol. The van der Waals surface area contributed by atoms with Crippen LogP contribution >= 0.6 is 0 Å². The van der Waals surface area contributed by atoms with Crippen molar-refractivity contribution < 1.29 is 22.7 Å². The summed E-state index contributed by atoms with van der Waals surface area (Å²) in [5.41, 5.74) is 3.09. The van der Waals surface area contributed by atoms with E-state index in [1.807, 2.05) is 43.3 Å². The summed E-state index contributed by atoms with van der Waals surface area (Å²) in [7, 11) is 0. The molecule has 7 heteroatoms. The number of carbonyl (C=O) groups excluding carboxylic acids is 1. The highest BCUT2D eigenvalue weighted by molar-refractivity contribution is 5.94. The van der Waals surface area contributed by atoms with E-state index in [1.165, 1.54) is 17.7 Å². The first kappa shape index (κ1) is 22.7. The van der Waals surface area contributed by atoms with Gasteiger partial charge in [-0.3, -0.25) is 4.79 Å². The van der Waals surface area contributed by atoms with E-state index in [9.17, 15) is 18.0 Å². The predicted octanol–water partition coefficient (Wildman–Crippen LogP) is 5.60. The highest BCUT2D eigenvalue weighted by Gasteiger charge is 2.30. The summed E-state index contributed by atoms with van der Waals surface area (Å²) < 4.78 is 44.0. The van der Waals surface area contributed by atoms with Crippen molar-refractivity contribution in [3.63, 3.8) is 0 Å². The van der Waals surface area contributed by atoms with Crippen LogP contribution in [0.25, 0.3) is 0 Å². The average molecular weight is 454 g/mol. The average Bonchev–Trinajstić information content (AvgIpc) is 3.27. The van der Waals surface area contributed by atoms with Gasteiger partial charge in [-0.05, 0) is 61.0 Å². The van der Waals surface area contributed by atoms with E-state index < -0.39 is 11.7 Å². The van der Waals surface area contributed by atoms with Crippen molar-refractivity contribution in [2.24, 2.45) is 0 Å². The van der Waals surface area contributed by atoms with Crippen LogP contribution in [0.1, 0.15) is 33.5 Å². The number of ether oxygens (including phenoxy) is 1. The van der Waals surface area contributed by atoms with Gasteiger partial charge in [0.15, 0.2) is 0 Å². The van der Waals surface area contributed by atoms with Crippen LogP contribution in [-0.2, 0) is 12.7 Å². The maximum Gasteiger partial charge on any atom is 0.416 e. The molecule has 0 spiro atoms. The Bertz CT molecular complexity index is 1080. The Morgan fingerprint density at radius 2 is 1.67 bits per heavy atom. The van der Waals surface area contributed by atoms with Gasteiger partial charge in [0.1, 0.15) is 11.9 Å². The van der Waals surface area contributed by atoms with Crippen molar-refractivity contribution >= 4 is 11.6 Å². The number of anilines is 1. The largest absolute Gasteiger partial charge is 0.489 e. The third-order valence-corrected chi connectivity index (χ3v) is 5.70. The summed E-state index contributed by atoms with van der Waals surface area (Å²) in [6, 6.07) is 20.2. The summed E-state index contributed by atoms with van der Waals surface area (Å²) in [5.74, 6) is 0.294. The molecule has 1 aliphatic heterocycles. The highest BCUT2D eigenvalue weighted by atomic mass is 19.4. The molecule has 1 heterocycles. The van der Waals surface area contributed by atoms with Crippen LogP contribution < -0.4 is 15.0 Å². The van der Waals surface area contributed by atoms with Gasteiger partial charge in [0.25, 0.3) is 5.91 Å². The molecule has 1 fully saturated rings. The van der Waals surface area contributed by atoms with Crippen molar-refractivity contribution in [2.75, 3.05) is 18.0 Å². The number of hydrogen-bond donors (Lipinski definition) is 1. The summed E-state index contributed by atoms with van der Waals surface area (Å²) in [6.45, 7) is 3.88. The number of benzene rings is 3. The standard InChI is InChI=1S/C26H25F3N2O2/c1-18-2-4-19(5-3-18)16-30-25(32)20-6-10-22(11-7-20)31-15-14-24(17-31)33-23-12-8-21(9-13-23)26(27,28)29/h2-13,24H,14-17H2,1H3,(H,30,32). The van der Waals surface area contributed by atoms with Gasteiger partial charge in [-0.25, -0.2) is 0 Å². The number of halogens is 3. The summed E-state index contributed by atoms with van der Waals surface area (Å²) in [6.07, 6.45) is -3.70. The first-order valence-corrected chi connectivity index (χ1v) is 10.8. The zero-order chi connectivity index (χ0) is 23.4. The molecule has 3 aromatic carbocycles. The molecule has 0 bridgehead atoms. The number of amides is 1. The lowest BCUT2D eigenvalue weighted by Gasteiger charge is -2.19. The van der Waals surface area contributed by atoms with Crippen LogP contribution in [0, 0.1) is 6.92 Å². The maximum atomic E-state index is 12.7. The van der Waals surface area contributed by atoms with Crippen LogP contribution in [0.3, 0.4) is 0 Å². The first-order chi connectivity index (χ1) is 15.8. The summed E-state index contributed by atoms with van der Waals surface area (Å²) >= 11 is 0. The van der Waals surface area contributed by atoms with Crippen LogP contribution in [0.4, 0.5) is 18.9 Å². The zero-order valence-corrected chi connectivity index (χ0v) is 18.2. The molecule has 1 atom stereocenters. The van der Waals surface area contributed by atoms with Crippen molar-refractivity contribution in [3.05, 3.63) is 95.1 Å². The quantitative estimate of drug-likeness (QED) is 0.527. The molecule has 172 valence electrons. The van der Waals surface area contributed by atoms with E-state index in [-0.39, 0.29) is 12.0 Å². The Hall–Kier alpha value is -3.48. The zero-order valence-electron chi connectivity index (χ0n) is 18.2. The van der Waals surface area contributed by atoms with Gasteiger partial charge in [0.2, 0.25) is 0 Å². The third kappa shape index (κ3) is 5.86. The first-order valence-electron chi connectivity index (χ1n) is 10.8. The molecule has 0 radical (unpaired) electrons. The van der Waals surface area contributed by atoms with Crippen molar-refractivity contribution in [2.45, 2.75) is 32.2 Å². The molecule has 0 saturated carbocycles. The van der Waals surface area contributed by atoms with Crippen LogP contribution in [0.15, 0.2) is 72.8 Å². The van der Waals surface area contributed by atoms with Crippen molar-refractivity contribution in [1.82, 2.24) is 5.32 Å². The van der Waals surface area contributed by atoms with E-state index in [2.05, 4.69) is 10.2 Å². The Morgan fingerprint density at radius 3 is 2.30 bits per heavy atom. The van der Waals surface area contributed by atoms with Crippen LogP contribution in [0.2, 0.25) is 0 Å². The molecule has 1 N–H and O–H groups in total. The molecule has 1 aliphatic rings. The van der Waals surface area contributed by atoms with E-state index in [0.717, 1.165) is 36.3 Å². The highest BCUT2D eigenvalue weighted by Crippen LogP contribution is 2.31. The molecule has 1 unspecified atom stereocenters. The molecule has 3 aromatic rings. The molecule has 0 aromatic heterocycles. The van der Waals surface area contributed by atoms with Gasteiger partial charge in [-0.1, -0.05) is 29.8 Å². The van der Waals surface area contributed by atoms with Gasteiger partial charge in [-0.2, -0.15) is 13.2 Å². The molecule has 33 heavy (non-hydrogen) atoms. The molecule has 1 amide bonds. The second-order valence-electron chi connectivity index (χ2n) is 8.21. The van der Waals surface area contributed by atoms with Gasteiger partial charge >= 0.3 is 6.18 Å². The van der Waals surface area contributed by atoms with Crippen molar-refractivity contribution in [3.8, 4) is 5.75 Å². The minimum absolute atomic E-state index is 0.112. The lowest BCUT2D eigenvalue weighted by molar-refractivity contribution is -0.137. The Labute approximate surface area is 191 Å². The topological polar surface area (TPSA) is 41.6 Å². The van der Waals surface area contributed by atoms with E-state index in [4.69, 9.17) is 4.74 Å². The fourth-order valence-electron chi connectivity index (χ4n) is 3.79.